The highest BCUT2D eigenvalue weighted by molar-refractivity contribution is 4.97. The van der Waals surface area contributed by atoms with Gasteiger partial charge in [0.1, 0.15) is 0 Å². The first kappa shape index (κ1) is 9.61. The largest absolute Gasteiger partial charge is 0.301 e. The second kappa shape index (κ2) is 5.22. The summed E-state index contributed by atoms with van der Waals surface area (Å²) >= 11 is 0. The summed E-state index contributed by atoms with van der Waals surface area (Å²) in [6.07, 6.45) is 13.5. The van der Waals surface area contributed by atoms with Crippen LogP contribution in [0.15, 0.2) is 0 Å². The van der Waals surface area contributed by atoms with E-state index < -0.39 is 0 Å². The van der Waals surface area contributed by atoms with Crippen molar-refractivity contribution in [2.24, 2.45) is 0 Å². The maximum Gasteiger partial charge on any atom is 0.0660 e. The van der Waals surface area contributed by atoms with Crippen LogP contribution >= 0.6 is 0 Å². The normalized spacial score (nSPS) is 22.7. The van der Waals surface area contributed by atoms with E-state index in [-0.39, 0.29) is 6.04 Å². The average molecular weight is 165 g/mol. The Morgan fingerprint density at radius 2 is 1.83 bits per heavy atom. The Kier molecular flexibility index (Phi) is 4.18. The van der Waals surface area contributed by atoms with Crippen molar-refractivity contribution in [1.82, 2.24) is 5.32 Å². The van der Waals surface area contributed by atoms with Crippen LogP contribution in [0.2, 0.25) is 0 Å². The van der Waals surface area contributed by atoms with E-state index in [4.69, 9.17) is 6.42 Å². The lowest BCUT2D eigenvalue weighted by molar-refractivity contribution is 0.444. The van der Waals surface area contributed by atoms with E-state index >= 15 is 0 Å². The van der Waals surface area contributed by atoms with Crippen LogP contribution in [-0.2, 0) is 0 Å². The van der Waals surface area contributed by atoms with Crippen LogP contribution in [0.4, 0.5) is 0 Å². The molecule has 0 aromatic heterocycles. The lowest BCUT2D eigenvalue weighted by Gasteiger charge is -2.18. The van der Waals surface area contributed by atoms with Crippen molar-refractivity contribution in [2.75, 3.05) is 0 Å². The maximum atomic E-state index is 5.32. The van der Waals surface area contributed by atoms with E-state index in [1.165, 1.54) is 38.5 Å². The van der Waals surface area contributed by atoms with Crippen LogP contribution < -0.4 is 5.32 Å². The molecule has 1 unspecified atom stereocenters. The van der Waals surface area contributed by atoms with Gasteiger partial charge in [-0.3, -0.25) is 0 Å². The van der Waals surface area contributed by atoms with Gasteiger partial charge in [-0.05, 0) is 19.8 Å². The molecule has 0 bridgehead atoms. The molecule has 0 aromatic rings. The Morgan fingerprint density at radius 1 is 1.25 bits per heavy atom. The smallest absolute Gasteiger partial charge is 0.0660 e. The second-order valence-corrected chi connectivity index (χ2v) is 3.74. The van der Waals surface area contributed by atoms with Gasteiger partial charge in [0.15, 0.2) is 0 Å². The molecule has 1 N–H and O–H groups in total. The molecule has 1 saturated carbocycles. The van der Waals surface area contributed by atoms with Gasteiger partial charge in [-0.2, -0.15) is 0 Å². The molecule has 1 atom stereocenters. The lowest BCUT2D eigenvalue weighted by Crippen LogP contribution is -2.35. The quantitative estimate of drug-likeness (QED) is 0.489. The topological polar surface area (TPSA) is 12.0 Å². The summed E-state index contributed by atoms with van der Waals surface area (Å²) in [4.78, 5) is 0. The Labute approximate surface area is 75.9 Å². The van der Waals surface area contributed by atoms with Gasteiger partial charge in [0, 0.05) is 6.04 Å². The molecule has 0 spiro atoms. The summed E-state index contributed by atoms with van der Waals surface area (Å²) in [5, 5.41) is 3.47. The van der Waals surface area contributed by atoms with Crippen LogP contribution in [-0.4, -0.2) is 12.1 Å². The minimum Gasteiger partial charge on any atom is -0.301 e. The van der Waals surface area contributed by atoms with E-state index in [0.717, 1.165) is 0 Å². The van der Waals surface area contributed by atoms with E-state index in [1.807, 2.05) is 0 Å². The van der Waals surface area contributed by atoms with Crippen molar-refractivity contribution in [2.45, 2.75) is 57.5 Å². The van der Waals surface area contributed by atoms with Crippen molar-refractivity contribution in [3.8, 4) is 12.3 Å². The van der Waals surface area contributed by atoms with Crippen molar-refractivity contribution in [1.29, 1.82) is 0 Å². The van der Waals surface area contributed by atoms with E-state index in [1.54, 1.807) is 0 Å². The Bertz CT molecular complexity index is 149. The highest BCUT2D eigenvalue weighted by Crippen LogP contribution is 2.17. The standard InChI is InChI=1S/C11H19N/c1-3-10(2)12-11-8-6-4-5-7-9-11/h1,10-12H,4-9H2,2H3. The molecule has 1 aliphatic carbocycles. The van der Waals surface area contributed by atoms with E-state index in [2.05, 4.69) is 18.2 Å². The molecule has 1 rings (SSSR count). The van der Waals surface area contributed by atoms with Gasteiger partial charge in [0.25, 0.3) is 0 Å². The fourth-order valence-corrected chi connectivity index (χ4v) is 1.85. The first-order valence-corrected chi connectivity index (χ1v) is 5.05. The van der Waals surface area contributed by atoms with Gasteiger partial charge in [0.2, 0.25) is 0 Å². The molecule has 0 saturated heterocycles. The van der Waals surface area contributed by atoms with Crippen molar-refractivity contribution >= 4 is 0 Å². The lowest BCUT2D eigenvalue weighted by atomic mass is 10.1. The molecular weight excluding hydrogens is 146 g/mol. The molecule has 1 nitrogen and oxygen atoms in total. The molecule has 0 radical (unpaired) electrons. The van der Waals surface area contributed by atoms with Gasteiger partial charge in [-0.15, -0.1) is 6.42 Å². The summed E-state index contributed by atoms with van der Waals surface area (Å²) in [6, 6.07) is 0.923. The Balaban J connectivity index is 2.25. The molecule has 0 heterocycles. The third-order valence-electron chi connectivity index (χ3n) is 2.59. The first-order valence-electron chi connectivity index (χ1n) is 5.05. The zero-order valence-electron chi connectivity index (χ0n) is 7.97. The summed E-state index contributed by atoms with van der Waals surface area (Å²) in [7, 11) is 0. The third-order valence-corrected chi connectivity index (χ3v) is 2.59. The van der Waals surface area contributed by atoms with Gasteiger partial charge < -0.3 is 5.32 Å². The zero-order valence-corrected chi connectivity index (χ0v) is 7.97. The number of rotatable bonds is 2. The monoisotopic (exact) mass is 165 g/mol. The van der Waals surface area contributed by atoms with Crippen LogP contribution in [0, 0.1) is 12.3 Å². The summed E-state index contributed by atoms with van der Waals surface area (Å²) < 4.78 is 0. The fraction of sp³-hybridized carbons (Fsp3) is 0.818. The molecule has 1 aliphatic rings. The highest BCUT2D eigenvalue weighted by Gasteiger charge is 2.12. The van der Waals surface area contributed by atoms with Gasteiger partial charge in [0.05, 0.1) is 6.04 Å². The first-order chi connectivity index (χ1) is 5.83. The summed E-state index contributed by atoms with van der Waals surface area (Å²) in [6.45, 7) is 2.06. The molecule has 0 amide bonds. The SMILES string of the molecule is C#CC(C)NC1CCCCCC1. The zero-order chi connectivity index (χ0) is 8.81. The Morgan fingerprint density at radius 3 is 2.33 bits per heavy atom. The summed E-state index contributed by atoms with van der Waals surface area (Å²) in [5.74, 6) is 2.72. The minimum atomic E-state index is 0.244. The molecular formula is C11H19N. The van der Waals surface area contributed by atoms with Crippen molar-refractivity contribution in [3.05, 3.63) is 0 Å². The van der Waals surface area contributed by atoms with Crippen molar-refractivity contribution in [3.63, 3.8) is 0 Å². The fourth-order valence-electron chi connectivity index (χ4n) is 1.85. The number of hydrogen-bond acceptors (Lipinski definition) is 1. The van der Waals surface area contributed by atoms with Crippen LogP contribution in [0.25, 0.3) is 0 Å². The molecule has 68 valence electrons. The van der Waals surface area contributed by atoms with Crippen molar-refractivity contribution < 1.29 is 0 Å². The van der Waals surface area contributed by atoms with Gasteiger partial charge >= 0.3 is 0 Å². The number of nitrogens with one attached hydrogen (secondary N) is 1. The van der Waals surface area contributed by atoms with E-state index in [9.17, 15) is 0 Å². The second-order valence-electron chi connectivity index (χ2n) is 3.74. The number of terminal acetylenes is 1. The predicted octanol–water partition coefficient (Wildman–Crippen LogP) is 2.32. The van der Waals surface area contributed by atoms with Crippen LogP contribution in [0.3, 0.4) is 0 Å². The van der Waals surface area contributed by atoms with Crippen LogP contribution in [0.5, 0.6) is 0 Å². The minimum absolute atomic E-state index is 0.244. The van der Waals surface area contributed by atoms with Gasteiger partial charge in [-0.25, -0.2) is 0 Å². The van der Waals surface area contributed by atoms with E-state index in [0.29, 0.717) is 6.04 Å². The molecule has 0 aliphatic heterocycles. The molecule has 12 heavy (non-hydrogen) atoms. The third kappa shape index (κ3) is 3.28. The molecule has 1 fully saturated rings. The van der Waals surface area contributed by atoms with Gasteiger partial charge in [-0.1, -0.05) is 31.6 Å². The molecule has 1 heteroatoms. The average Bonchev–Trinajstić information content (AvgIpc) is 2.33. The number of hydrogen-bond donors (Lipinski definition) is 1. The maximum absolute atomic E-state index is 5.32. The summed E-state index contributed by atoms with van der Waals surface area (Å²) in [5.41, 5.74) is 0. The highest BCUT2D eigenvalue weighted by atomic mass is 14.9. The molecule has 0 aromatic carbocycles. The predicted molar refractivity (Wildman–Crippen MR) is 52.9 cm³/mol. The Hall–Kier alpha value is -0.480. The van der Waals surface area contributed by atoms with Crippen LogP contribution in [0.1, 0.15) is 45.4 Å².